The van der Waals surface area contributed by atoms with Crippen LogP contribution in [0.3, 0.4) is 0 Å². The smallest absolute Gasteiger partial charge is 0.311 e. The molecule has 4 N–H and O–H groups in total. The summed E-state index contributed by atoms with van der Waals surface area (Å²) in [4.78, 5) is 15.7. The monoisotopic (exact) mass is 492 g/mol. The number of ether oxygens (including phenoxy) is 1. The van der Waals surface area contributed by atoms with Gasteiger partial charge >= 0.3 is 5.97 Å². The van der Waals surface area contributed by atoms with Crippen molar-refractivity contribution >= 4 is 39.8 Å². The summed E-state index contributed by atoms with van der Waals surface area (Å²) in [6, 6.07) is 17.7. The Morgan fingerprint density at radius 3 is 2.77 bits per heavy atom. The van der Waals surface area contributed by atoms with E-state index >= 15 is 0 Å². The van der Waals surface area contributed by atoms with Crippen LogP contribution in [0.1, 0.15) is 22.4 Å². The van der Waals surface area contributed by atoms with Gasteiger partial charge in [0.15, 0.2) is 5.58 Å². The Labute approximate surface area is 207 Å². The van der Waals surface area contributed by atoms with E-state index in [1.54, 1.807) is 12.1 Å². The zero-order chi connectivity index (χ0) is 24.8. The van der Waals surface area contributed by atoms with Crippen LogP contribution in [0.15, 0.2) is 59.1 Å². The van der Waals surface area contributed by atoms with Crippen LogP contribution < -0.4 is 10.6 Å². The Bertz CT molecular complexity index is 1330. The number of nitrogens with two attached hydrogens (primary N) is 1. The second-order valence-electron chi connectivity index (χ2n) is 8.02. The third kappa shape index (κ3) is 5.87. The van der Waals surface area contributed by atoms with E-state index in [0.717, 1.165) is 39.3 Å². The number of aromatic nitrogens is 1. The van der Waals surface area contributed by atoms with Gasteiger partial charge in [0, 0.05) is 35.5 Å². The molecule has 2 aromatic heterocycles. The summed E-state index contributed by atoms with van der Waals surface area (Å²) < 4.78 is 10.9. The second-order valence-corrected chi connectivity index (χ2v) is 9.19. The largest absolute Gasteiger partial charge is 0.465 e. The third-order valence-corrected chi connectivity index (χ3v) is 6.81. The molecule has 8 nitrogen and oxygen atoms in total. The summed E-state index contributed by atoms with van der Waals surface area (Å²) in [7, 11) is 0. The first-order valence-corrected chi connectivity index (χ1v) is 12.2. The maximum Gasteiger partial charge on any atom is 0.311 e. The van der Waals surface area contributed by atoms with Crippen LogP contribution in [0.4, 0.5) is 5.69 Å². The minimum absolute atomic E-state index is 0.00646. The van der Waals surface area contributed by atoms with Gasteiger partial charge in [0.2, 0.25) is 0 Å². The Kier molecular flexibility index (Phi) is 7.79. The van der Waals surface area contributed by atoms with Gasteiger partial charge in [-0.05, 0) is 54.4 Å². The van der Waals surface area contributed by atoms with Crippen molar-refractivity contribution in [2.45, 2.75) is 19.8 Å². The fraction of sp³-hybridized carbons (Fsp3) is 0.269. The number of amidine groups is 1. The molecule has 4 aromatic rings. The molecule has 0 fully saturated rings. The van der Waals surface area contributed by atoms with Crippen LogP contribution in [0.25, 0.3) is 22.1 Å². The van der Waals surface area contributed by atoms with E-state index in [1.165, 1.54) is 11.3 Å². The second kappa shape index (κ2) is 11.2. The SMILES string of the molecule is CCN(CCO)c1cccc(-c2ccc3c(CCOC(=O)Cc4ccc(C(=N)N)s4)noc3c2)c1. The number of rotatable bonds is 11. The highest BCUT2D eigenvalue weighted by atomic mass is 32.1. The van der Waals surface area contributed by atoms with Gasteiger partial charge < -0.3 is 25.0 Å². The molecule has 2 heterocycles. The molecular weight excluding hydrogens is 464 g/mol. The molecule has 0 saturated carbocycles. The van der Waals surface area contributed by atoms with Crippen LogP contribution in [0, 0.1) is 5.41 Å². The van der Waals surface area contributed by atoms with E-state index in [-0.39, 0.29) is 31.4 Å². The minimum atomic E-state index is -0.334. The van der Waals surface area contributed by atoms with Crippen molar-refractivity contribution in [3.05, 3.63) is 70.0 Å². The standard InChI is InChI=1S/C26H28N4O4S/c1-2-30(11-12-31)19-5-3-4-17(14-19)18-6-8-21-22(29-34-23(21)15-18)10-13-33-25(32)16-20-7-9-24(35-20)26(27)28/h3-9,14-15,31H,2,10-13,16H2,1H3,(H3,27,28). The Morgan fingerprint density at radius 1 is 1.20 bits per heavy atom. The molecule has 2 aromatic carbocycles. The fourth-order valence-corrected chi connectivity index (χ4v) is 4.75. The number of anilines is 1. The van der Waals surface area contributed by atoms with Crippen LogP contribution in [0.2, 0.25) is 0 Å². The third-order valence-electron chi connectivity index (χ3n) is 5.69. The molecule has 0 aliphatic carbocycles. The lowest BCUT2D eigenvalue weighted by atomic mass is 10.0. The first-order valence-electron chi connectivity index (χ1n) is 11.4. The Morgan fingerprint density at radius 2 is 2.03 bits per heavy atom. The molecule has 0 spiro atoms. The number of hydrogen-bond donors (Lipinski definition) is 3. The van der Waals surface area contributed by atoms with Gasteiger partial charge in [-0.15, -0.1) is 11.3 Å². The number of hydrogen-bond acceptors (Lipinski definition) is 8. The van der Waals surface area contributed by atoms with Crippen LogP contribution in [-0.2, 0) is 22.4 Å². The fourth-order valence-electron chi connectivity index (χ4n) is 3.89. The number of fused-ring (bicyclic) bond motifs is 1. The quantitative estimate of drug-likeness (QED) is 0.164. The lowest BCUT2D eigenvalue weighted by Gasteiger charge is -2.22. The van der Waals surface area contributed by atoms with E-state index in [4.69, 9.17) is 20.4 Å². The van der Waals surface area contributed by atoms with E-state index < -0.39 is 0 Å². The summed E-state index contributed by atoms with van der Waals surface area (Å²) in [5.41, 5.74) is 9.99. The summed E-state index contributed by atoms with van der Waals surface area (Å²) in [5.74, 6) is -0.340. The van der Waals surface area contributed by atoms with Crippen LogP contribution >= 0.6 is 11.3 Å². The van der Waals surface area contributed by atoms with E-state index in [2.05, 4.69) is 23.0 Å². The van der Waals surface area contributed by atoms with Crippen molar-refractivity contribution in [2.75, 3.05) is 31.2 Å². The number of carbonyl (C=O) groups is 1. The molecular formula is C26H28N4O4S. The van der Waals surface area contributed by atoms with Crippen molar-refractivity contribution in [2.24, 2.45) is 5.73 Å². The van der Waals surface area contributed by atoms with Crippen LogP contribution in [0.5, 0.6) is 0 Å². The summed E-state index contributed by atoms with van der Waals surface area (Å²) in [6.45, 7) is 3.77. The summed E-state index contributed by atoms with van der Waals surface area (Å²) in [5, 5.41) is 21.8. The van der Waals surface area contributed by atoms with Crippen molar-refractivity contribution in [1.29, 1.82) is 5.41 Å². The number of nitrogens with one attached hydrogen (secondary N) is 1. The van der Waals surface area contributed by atoms with Crippen molar-refractivity contribution < 1.29 is 19.2 Å². The van der Waals surface area contributed by atoms with Crippen LogP contribution in [-0.4, -0.2) is 48.4 Å². The minimum Gasteiger partial charge on any atom is -0.465 e. The lowest BCUT2D eigenvalue weighted by Crippen LogP contribution is -2.25. The van der Waals surface area contributed by atoms with E-state index in [9.17, 15) is 9.90 Å². The molecule has 4 rings (SSSR count). The molecule has 0 bridgehead atoms. The highest BCUT2D eigenvalue weighted by Gasteiger charge is 2.13. The number of aliphatic hydroxyl groups excluding tert-OH is 1. The van der Waals surface area contributed by atoms with E-state index in [1.807, 2.05) is 36.4 Å². The zero-order valence-electron chi connectivity index (χ0n) is 19.5. The number of esters is 1. The number of benzene rings is 2. The normalized spacial score (nSPS) is 11.0. The van der Waals surface area contributed by atoms with Gasteiger partial charge in [-0.25, -0.2) is 0 Å². The maximum atomic E-state index is 12.2. The molecule has 35 heavy (non-hydrogen) atoms. The molecule has 0 unspecified atom stereocenters. The lowest BCUT2D eigenvalue weighted by molar-refractivity contribution is -0.142. The molecule has 0 aliphatic heterocycles. The van der Waals surface area contributed by atoms with Crippen molar-refractivity contribution in [1.82, 2.24) is 5.16 Å². The highest BCUT2D eigenvalue weighted by molar-refractivity contribution is 7.14. The van der Waals surface area contributed by atoms with Gasteiger partial charge in [0.25, 0.3) is 0 Å². The van der Waals surface area contributed by atoms with Gasteiger partial charge in [0.05, 0.1) is 30.2 Å². The number of likely N-dealkylation sites (N-methyl/N-ethyl adjacent to an activating group) is 1. The molecule has 0 aliphatic rings. The Balaban J connectivity index is 1.39. The molecule has 0 atom stereocenters. The molecule has 182 valence electrons. The van der Waals surface area contributed by atoms with Crippen molar-refractivity contribution in [3.63, 3.8) is 0 Å². The first kappa shape index (κ1) is 24.4. The number of nitrogen functional groups attached to an aromatic ring is 1. The number of carbonyl (C=O) groups excluding carboxylic acids is 1. The van der Waals surface area contributed by atoms with Gasteiger partial charge in [-0.3, -0.25) is 10.2 Å². The number of thiophene rings is 1. The predicted molar refractivity (Wildman–Crippen MR) is 138 cm³/mol. The average molecular weight is 493 g/mol. The summed E-state index contributed by atoms with van der Waals surface area (Å²) >= 11 is 1.32. The summed E-state index contributed by atoms with van der Waals surface area (Å²) in [6.07, 6.45) is 0.594. The van der Waals surface area contributed by atoms with Crippen molar-refractivity contribution in [3.8, 4) is 11.1 Å². The average Bonchev–Trinajstić information content (AvgIpc) is 3.49. The number of aliphatic hydroxyl groups is 1. The predicted octanol–water partition coefficient (Wildman–Crippen LogP) is 3.99. The number of nitrogens with zero attached hydrogens (tertiary/aromatic N) is 2. The molecule has 9 heteroatoms. The van der Waals surface area contributed by atoms with Gasteiger partial charge in [0.1, 0.15) is 5.84 Å². The maximum absolute atomic E-state index is 12.2. The van der Waals surface area contributed by atoms with Gasteiger partial charge in [-0.2, -0.15) is 0 Å². The molecule has 0 saturated heterocycles. The topological polar surface area (TPSA) is 126 Å². The molecule has 0 amide bonds. The Hall–Kier alpha value is -3.69. The van der Waals surface area contributed by atoms with Gasteiger partial charge in [-0.1, -0.05) is 23.4 Å². The van der Waals surface area contributed by atoms with E-state index in [0.29, 0.717) is 23.4 Å². The molecule has 0 radical (unpaired) electrons. The first-order chi connectivity index (χ1) is 17.0. The highest BCUT2D eigenvalue weighted by Crippen LogP contribution is 2.29. The zero-order valence-corrected chi connectivity index (χ0v) is 20.3.